The molecule has 0 aliphatic carbocycles. The third-order valence-corrected chi connectivity index (χ3v) is 6.23. The lowest BCUT2D eigenvalue weighted by Crippen LogP contribution is -2.50. The van der Waals surface area contributed by atoms with E-state index in [1.54, 1.807) is 7.11 Å². The number of benzene rings is 2. The zero-order valence-electron chi connectivity index (χ0n) is 18.0. The number of ether oxygens (including phenoxy) is 2. The molecule has 29 heavy (non-hydrogen) atoms. The fraction of sp³-hybridized carbons (Fsp3) is 0.520. The fourth-order valence-electron chi connectivity index (χ4n) is 4.77. The van der Waals surface area contributed by atoms with Crippen molar-refractivity contribution in [2.24, 2.45) is 11.3 Å². The molecule has 2 N–H and O–H groups in total. The highest BCUT2D eigenvalue weighted by molar-refractivity contribution is 5.27. The average Bonchev–Trinajstić information content (AvgIpc) is 2.71. The first-order valence-electron chi connectivity index (χ1n) is 10.6. The Labute approximate surface area is 175 Å². The van der Waals surface area contributed by atoms with Crippen LogP contribution in [-0.2, 0) is 17.7 Å². The van der Waals surface area contributed by atoms with Crippen LogP contribution in [0.5, 0.6) is 5.75 Å². The van der Waals surface area contributed by atoms with Gasteiger partial charge < -0.3 is 19.9 Å². The van der Waals surface area contributed by atoms with E-state index in [1.165, 1.54) is 11.1 Å². The Morgan fingerprint density at radius 3 is 2.41 bits per heavy atom. The molecule has 0 unspecified atom stereocenters. The molecule has 2 atom stereocenters. The quantitative estimate of drug-likeness (QED) is 0.665. The van der Waals surface area contributed by atoms with Crippen LogP contribution < -0.4 is 10.1 Å². The van der Waals surface area contributed by atoms with E-state index in [4.69, 9.17) is 9.47 Å². The van der Waals surface area contributed by atoms with Crippen LogP contribution >= 0.6 is 0 Å². The van der Waals surface area contributed by atoms with E-state index in [1.807, 2.05) is 12.1 Å². The van der Waals surface area contributed by atoms with Crippen molar-refractivity contribution in [2.45, 2.75) is 45.3 Å². The van der Waals surface area contributed by atoms with E-state index in [0.717, 1.165) is 44.7 Å². The van der Waals surface area contributed by atoms with Crippen LogP contribution in [0.1, 0.15) is 37.8 Å². The van der Waals surface area contributed by atoms with E-state index in [-0.39, 0.29) is 23.5 Å². The lowest BCUT2D eigenvalue weighted by molar-refractivity contribution is -0.127. The van der Waals surface area contributed by atoms with Gasteiger partial charge in [0.05, 0.1) is 12.7 Å². The van der Waals surface area contributed by atoms with E-state index in [2.05, 4.69) is 61.6 Å². The van der Waals surface area contributed by atoms with Gasteiger partial charge >= 0.3 is 0 Å². The highest BCUT2D eigenvalue weighted by Crippen LogP contribution is 2.46. The number of hydrogen-bond donors (Lipinski definition) is 2. The monoisotopic (exact) mass is 397 g/mol. The zero-order valence-corrected chi connectivity index (χ0v) is 18.0. The van der Waals surface area contributed by atoms with Crippen molar-refractivity contribution in [3.63, 3.8) is 0 Å². The Balaban J connectivity index is 1.71. The predicted molar refractivity (Wildman–Crippen MR) is 117 cm³/mol. The molecule has 158 valence electrons. The SMILES string of the molecule is COc1ccc(CNC[C@@H](CO)[C@]2(Cc3ccccc3)CCOC(C)(C)C2)cc1. The molecule has 2 aromatic carbocycles. The third-order valence-electron chi connectivity index (χ3n) is 6.23. The van der Waals surface area contributed by atoms with Crippen LogP contribution in [0.4, 0.5) is 0 Å². The van der Waals surface area contributed by atoms with Crippen molar-refractivity contribution in [3.05, 3.63) is 65.7 Å². The summed E-state index contributed by atoms with van der Waals surface area (Å²) in [5.41, 5.74) is 2.40. The third kappa shape index (κ3) is 5.81. The Bertz CT molecular complexity index is 744. The van der Waals surface area contributed by atoms with Gasteiger partial charge in [-0.1, -0.05) is 42.5 Å². The van der Waals surface area contributed by atoms with E-state index >= 15 is 0 Å². The molecule has 4 nitrogen and oxygen atoms in total. The minimum Gasteiger partial charge on any atom is -0.497 e. The van der Waals surface area contributed by atoms with Gasteiger partial charge in [0.25, 0.3) is 0 Å². The normalized spacial score (nSPS) is 22.2. The maximum absolute atomic E-state index is 10.4. The Hall–Kier alpha value is -1.88. The Kier molecular flexibility index (Phi) is 7.33. The Morgan fingerprint density at radius 1 is 1.07 bits per heavy atom. The van der Waals surface area contributed by atoms with Crippen LogP contribution in [-0.4, -0.2) is 37.6 Å². The van der Waals surface area contributed by atoms with Gasteiger partial charge in [0.15, 0.2) is 0 Å². The molecule has 0 saturated carbocycles. The summed E-state index contributed by atoms with van der Waals surface area (Å²) in [4.78, 5) is 0. The molecule has 0 radical (unpaired) electrons. The van der Waals surface area contributed by atoms with E-state index in [0.29, 0.717) is 0 Å². The second-order valence-corrected chi connectivity index (χ2v) is 8.92. The summed E-state index contributed by atoms with van der Waals surface area (Å²) >= 11 is 0. The molecular formula is C25H35NO3. The van der Waals surface area contributed by atoms with Crippen LogP contribution in [0.25, 0.3) is 0 Å². The van der Waals surface area contributed by atoms with Gasteiger partial charge in [-0.25, -0.2) is 0 Å². The fourth-order valence-corrected chi connectivity index (χ4v) is 4.77. The second kappa shape index (κ2) is 9.75. The van der Waals surface area contributed by atoms with E-state index < -0.39 is 0 Å². The minimum atomic E-state index is -0.170. The van der Waals surface area contributed by atoms with Gasteiger partial charge in [-0.3, -0.25) is 0 Å². The number of aliphatic hydroxyl groups is 1. The van der Waals surface area contributed by atoms with Crippen molar-refractivity contribution in [3.8, 4) is 5.75 Å². The van der Waals surface area contributed by atoms with Gasteiger partial charge in [-0.15, -0.1) is 0 Å². The molecule has 4 heteroatoms. The summed E-state index contributed by atoms with van der Waals surface area (Å²) in [7, 11) is 1.68. The zero-order chi connectivity index (χ0) is 20.7. The molecule has 0 aromatic heterocycles. The average molecular weight is 398 g/mol. The molecule has 1 aliphatic heterocycles. The molecule has 1 fully saturated rings. The highest BCUT2D eigenvalue weighted by atomic mass is 16.5. The Morgan fingerprint density at radius 2 is 1.79 bits per heavy atom. The lowest BCUT2D eigenvalue weighted by Gasteiger charge is -2.49. The lowest BCUT2D eigenvalue weighted by atomic mass is 9.63. The van der Waals surface area contributed by atoms with Crippen LogP contribution in [0.15, 0.2) is 54.6 Å². The molecule has 0 spiro atoms. The van der Waals surface area contributed by atoms with Crippen LogP contribution in [0.2, 0.25) is 0 Å². The smallest absolute Gasteiger partial charge is 0.118 e. The van der Waals surface area contributed by atoms with Gasteiger partial charge in [-0.05, 0) is 61.8 Å². The largest absolute Gasteiger partial charge is 0.497 e. The molecule has 1 saturated heterocycles. The molecule has 3 rings (SSSR count). The minimum absolute atomic E-state index is 0.0186. The molecule has 2 aromatic rings. The van der Waals surface area contributed by atoms with Crippen molar-refractivity contribution in [1.29, 1.82) is 0 Å². The first-order chi connectivity index (χ1) is 14.0. The summed E-state index contributed by atoms with van der Waals surface area (Å²) in [5.74, 6) is 1.04. The number of nitrogens with one attached hydrogen (secondary N) is 1. The molecular weight excluding hydrogens is 362 g/mol. The standard InChI is InChI=1S/C25H35NO3/c1-24(2)19-25(13-14-29-24,15-20-7-5-4-6-8-20)22(18-27)17-26-16-21-9-11-23(28-3)12-10-21/h4-12,22,26-27H,13-19H2,1-3H3/t22-,25-/m0/s1. The topological polar surface area (TPSA) is 50.7 Å². The summed E-state index contributed by atoms with van der Waals surface area (Å²) in [6.45, 7) is 6.83. The first-order valence-corrected chi connectivity index (χ1v) is 10.6. The predicted octanol–water partition coefficient (Wildman–Crippen LogP) is 4.21. The van der Waals surface area contributed by atoms with Crippen molar-refractivity contribution >= 4 is 0 Å². The van der Waals surface area contributed by atoms with Crippen LogP contribution in [0, 0.1) is 11.3 Å². The van der Waals surface area contributed by atoms with Crippen LogP contribution in [0.3, 0.4) is 0 Å². The summed E-state index contributed by atoms with van der Waals surface area (Å²) in [5, 5.41) is 13.9. The number of methoxy groups -OCH3 is 1. The first kappa shape index (κ1) is 21.8. The summed E-state index contributed by atoms with van der Waals surface area (Å²) < 4.78 is 11.3. The van der Waals surface area contributed by atoms with Gasteiger partial charge in [0.1, 0.15) is 5.75 Å². The number of hydrogen-bond acceptors (Lipinski definition) is 4. The van der Waals surface area contributed by atoms with Gasteiger partial charge in [0.2, 0.25) is 0 Å². The van der Waals surface area contributed by atoms with E-state index in [9.17, 15) is 5.11 Å². The highest BCUT2D eigenvalue weighted by Gasteiger charge is 2.45. The number of aliphatic hydroxyl groups excluding tert-OH is 1. The van der Waals surface area contributed by atoms with Crippen molar-refractivity contribution in [2.75, 3.05) is 26.9 Å². The van der Waals surface area contributed by atoms with Gasteiger partial charge in [0, 0.05) is 32.2 Å². The molecule has 1 aliphatic rings. The maximum Gasteiger partial charge on any atom is 0.118 e. The van der Waals surface area contributed by atoms with Crippen molar-refractivity contribution < 1.29 is 14.6 Å². The summed E-state index contributed by atoms with van der Waals surface area (Å²) in [6.07, 6.45) is 2.89. The second-order valence-electron chi connectivity index (χ2n) is 8.92. The summed E-state index contributed by atoms with van der Waals surface area (Å²) in [6, 6.07) is 18.8. The van der Waals surface area contributed by atoms with Gasteiger partial charge in [-0.2, -0.15) is 0 Å². The molecule has 0 bridgehead atoms. The van der Waals surface area contributed by atoms with Crippen molar-refractivity contribution in [1.82, 2.24) is 5.32 Å². The number of rotatable bonds is 9. The molecule has 1 heterocycles. The maximum atomic E-state index is 10.4. The molecule has 0 amide bonds.